The zero-order valence-electron chi connectivity index (χ0n) is 13.4. The van der Waals surface area contributed by atoms with E-state index in [2.05, 4.69) is 15.9 Å². The van der Waals surface area contributed by atoms with E-state index in [1.807, 2.05) is 45.0 Å². The van der Waals surface area contributed by atoms with Gasteiger partial charge in [-0.25, -0.2) is 4.79 Å². The molecule has 0 saturated carbocycles. The highest BCUT2D eigenvalue weighted by Gasteiger charge is 2.33. The van der Waals surface area contributed by atoms with Crippen LogP contribution in [-0.4, -0.2) is 40.9 Å². The van der Waals surface area contributed by atoms with Crippen molar-refractivity contribution in [1.82, 2.24) is 4.90 Å². The van der Waals surface area contributed by atoms with E-state index in [0.717, 1.165) is 16.5 Å². The van der Waals surface area contributed by atoms with Crippen LogP contribution in [0, 0.1) is 5.92 Å². The molecule has 0 aromatic heterocycles. The van der Waals surface area contributed by atoms with Crippen LogP contribution in [0.2, 0.25) is 0 Å². The maximum atomic E-state index is 12.1. The fourth-order valence-electron chi connectivity index (χ4n) is 2.65. The van der Waals surface area contributed by atoms with Crippen LogP contribution in [0.3, 0.4) is 0 Å². The molecule has 0 bridgehead atoms. The molecule has 1 aliphatic rings. The summed E-state index contributed by atoms with van der Waals surface area (Å²) in [4.78, 5) is 13.7. The molecule has 1 amide bonds. The Morgan fingerprint density at radius 1 is 1.45 bits per heavy atom. The van der Waals surface area contributed by atoms with Gasteiger partial charge in [0.05, 0.1) is 6.10 Å². The lowest BCUT2D eigenvalue weighted by molar-refractivity contribution is 0.0269. The third-order valence-electron chi connectivity index (χ3n) is 3.81. The van der Waals surface area contributed by atoms with Crippen LogP contribution in [0.1, 0.15) is 32.8 Å². The molecule has 0 aliphatic carbocycles. The normalized spacial score (nSPS) is 20.0. The molecule has 5 heteroatoms. The minimum absolute atomic E-state index is 0.0969. The Labute approximate surface area is 140 Å². The Hall–Kier alpha value is -1.07. The first-order valence-electron chi connectivity index (χ1n) is 7.65. The minimum atomic E-state index is -0.483. The molecule has 0 radical (unpaired) electrons. The summed E-state index contributed by atoms with van der Waals surface area (Å²) in [5.41, 5.74) is 0.605. The molecule has 1 fully saturated rings. The van der Waals surface area contributed by atoms with Gasteiger partial charge >= 0.3 is 6.09 Å². The summed E-state index contributed by atoms with van der Waals surface area (Å²) < 4.78 is 6.40. The van der Waals surface area contributed by atoms with E-state index in [9.17, 15) is 9.90 Å². The quantitative estimate of drug-likeness (QED) is 0.885. The molecule has 2 rings (SSSR count). The van der Waals surface area contributed by atoms with Gasteiger partial charge in [-0.3, -0.25) is 0 Å². The lowest BCUT2D eigenvalue weighted by Gasteiger charge is -2.25. The van der Waals surface area contributed by atoms with Crippen LogP contribution in [0.4, 0.5) is 4.79 Å². The third-order valence-corrected chi connectivity index (χ3v) is 4.58. The largest absolute Gasteiger partial charge is 0.444 e. The summed E-state index contributed by atoms with van der Waals surface area (Å²) in [5, 5.41) is 10.5. The van der Waals surface area contributed by atoms with Crippen molar-refractivity contribution < 1.29 is 14.6 Å². The van der Waals surface area contributed by atoms with E-state index < -0.39 is 11.7 Å². The van der Waals surface area contributed by atoms with Crippen molar-refractivity contribution in [2.24, 2.45) is 5.92 Å². The summed E-state index contributed by atoms with van der Waals surface area (Å²) in [6, 6.07) is 7.91. The zero-order valence-corrected chi connectivity index (χ0v) is 15.0. The summed E-state index contributed by atoms with van der Waals surface area (Å²) in [6.07, 6.45) is 0.660. The number of amides is 1. The van der Waals surface area contributed by atoms with Crippen molar-refractivity contribution in [3.05, 3.63) is 34.3 Å². The highest BCUT2D eigenvalue weighted by Crippen LogP contribution is 2.26. The number of hydrogen-bond acceptors (Lipinski definition) is 3. The van der Waals surface area contributed by atoms with Gasteiger partial charge in [-0.1, -0.05) is 34.1 Å². The number of aliphatic hydroxyl groups is 1. The van der Waals surface area contributed by atoms with E-state index in [1.165, 1.54) is 0 Å². The van der Waals surface area contributed by atoms with E-state index in [0.29, 0.717) is 19.5 Å². The maximum Gasteiger partial charge on any atom is 0.410 e. The second kappa shape index (κ2) is 7.01. The van der Waals surface area contributed by atoms with Crippen molar-refractivity contribution in [2.75, 3.05) is 13.1 Å². The Morgan fingerprint density at radius 3 is 2.77 bits per heavy atom. The van der Waals surface area contributed by atoms with Crippen molar-refractivity contribution >= 4 is 22.0 Å². The Kier molecular flexibility index (Phi) is 5.50. The minimum Gasteiger partial charge on any atom is -0.444 e. The van der Waals surface area contributed by atoms with Gasteiger partial charge in [0.1, 0.15) is 5.60 Å². The standard InChI is InChI=1S/C17H24BrNO3/c1-17(2,3)22-16(21)19-9-8-13(11-19)15(20)10-12-6-4-5-7-14(12)18/h4-7,13,15,20H,8-11H2,1-3H3. The smallest absolute Gasteiger partial charge is 0.410 e. The number of benzene rings is 1. The summed E-state index contributed by atoms with van der Waals surface area (Å²) in [6.45, 7) is 6.79. The number of nitrogens with zero attached hydrogens (tertiary/aromatic N) is 1. The van der Waals surface area contributed by atoms with Gasteiger partial charge in [-0.15, -0.1) is 0 Å². The molecular weight excluding hydrogens is 346 g/mol. The average molecular weight is 370 g/mol. The zero-order chi connectivity index (χ0) is 16.3. The molecule has 1 N–H and O–H groups in total. The van der Waals surface area contributed by atoms with Crippen molar-refractivity contribution in [1.29, 1.82) is 0 Å². The van der Waals surface area contributed by atoms with Crippen molar-refractivity contribution in [3.8, 4) is 0 Å². The molecule has 1 heterocycles. The molecule has 4 nitrogen and oxygen atoms in total. The first-order valence-corrected chi connectivity index (χ1v) is 8.45. The van der Waals surface area contributed by atoms with Gasteiger partial charge in [0.25, 0.3) is 0 Å². The predicted octanol–water partition coefficient (Wildman–Crippen LogP) is 3.61. The second-order valence-corrected chi connectivity index (χ2v) is 7.69. The number of ether oxygens (including phenoxy) is 1. The summed E-state index contributed by atoms with van der Waals surface area (Å²) in [5.74, 6) is 0.0969. The summed E-state index contributed by atoms with van der Waals surface area (Å²) in [7, 11) is 0. The molecule has 122 valence electrons. The van der Waals surface area contributed by atoms with Crippen LogP contribution in [0.5, 0.6) is 0 Å². The Bertz CT molecular complexity index is 527. The Balaban J connectivity index is 1.90. The Morgan fingerprint density at radius 2 is 2.14 bits per heavy atom. The van der Waals surface area contributed by atoms with Gasteiger partial charge in [0.15, 0.2) is 0 Å². The van der Waals surface area contributed by atoms with Crippen LogP contribution >= 0.6 is 15.9 Å². The van der Waals surface area contributed by atoms with Gasteiger partial charge in [0, 0.05) is 23.5 Å². The number of halogens is 1. The molecule has 1 aromatic carbocycles. The van der Waals surface area contributed by atoms with E-state index in [-0.39, 0.29) is 12.0 Å². The fourth-order valence-corrected chi connectivity index (χ4v) is 3.10. The van der Waals surface area contributed by atoms with Crippen LogP contribution in [-0.2, 0) is 11.2 Å². The molecule has 0 spiro atoms. The van der Waals surface area contributed by atoms with Gasteiger partial charge in [0.2, 0.25) is 0 Å². The van der Waals surface area contributed by atoms with Gasteiger partial charge < -0.3 is 14.7 Å². The monoisotopic (exact) mass is 369 g/mol. The topological polar surface area (TPSA) is 49.8 Å². The van der Waals surface area contributed by atoms with E-state index >= 15 is 0 Å². The van der Waals surface area contributed by atoms with Crippen molar-refractivity contribution in [2.45, 2.75) is 45.3 Å². The second-order valence-electron chi connectivity index (χ2n) is 6.84. The molecular formula is C17H24BrNO3. The van der Waals surface area contributed by atoms with E-state index in [4.69, 9.17) is 4.74 Å². The predicted molar refractivity (Wildman–Crippen MR) is 89.8 cm³/mol. The number of hydrogen-bond donors (Lipinski definition) is 1. The highest BCUT2D eigenvalue weighted by atomic mass is 79.9. The average Bonchev–Trinajstić information content (AvgIpc) is 2.89. The summed E-state index contributed by atoms with van der Waals surface area (Å²) >= 11 is 3.51. The first kappa shape index (κ1) is 17.3. The van der Waals surface area contributed by atoms with Gasteiger partial charge in [-0.2, -0.15) is 0 Å². The number of rotatable bonds is 3. The molecule has 2 atom stereocenters. The third kappa shape index (κ3) is 4.71. The highest BCUT2D eigenvalue weighted by molar-refractivity contribution is 9.10. The van der Waals surface area contributed by atoms with Gasteiger partial charge in [-0.05, 0) is 45.2 Å². The van der Waals surface area contributed by atoms with E-state index in [1.54, 1.807) is 4.90 Å². The maximum absolute atomic E-state index is 12.1. The van der Waals surface area contributed by atoms with Crippen LogP contribution in [0.15, 0.2) is 28.7 Å². The lowest BCUT2D eigenvalue weighted by Crippen LogP contribution is -2.36. The number of aliphatic hydroxyl groups excluding tert-OH is 1. The lowest BCUT2D eigenvalue weighted by atomic mass is 9.95. The molecule has 1 aliphatic heterocycles. The SMILES string of the molecule is CC(C)(C)OC(=O)N1CCC(C(O)Cc2ccccc2Br)C1. The number of likely N-dealkylation sites (tertiary alicyclic amines) is 1. The number of carbonyl (C=O) groups excluding carboxylic acids is 1. The molecule has 1 aromatic rings. The van der Waals surface area contributed by atoms with Crippen LogP contribution in [0.25, 0.3) is 0 Å². The molecule has 1 saturated heterocycles. The van der Waals surface area contributed by atoms with Crippen molar-refractivity contribution in [3.63, 3.8) is 0 Å². The molecule has 22 heavy (non-hydrogen) atoms. The first-order chi connectivity index (χ1) is 10.3. The molecule has 2 unspecified atom stereocenters. The van der Waals surface area contributed by atoms with Crippen LogP contribution < -0.4 is 0 Å². The number of carbonyl (C=O) groups is 1. The fraction of sp³-hybridized carbons (Fsp3) is 0.588.